The molecular formula is C22H27Cl2N3O3. The van der Waals surface area contributed by atoms with Crippen LogP contribution in [-0.2, 0) is 20.9 Å². The number of amides is 2. The molecule has 0 radical (unpaired) electrons. The molecule has 0 N–H and O–H groups in total. The molecule has 0 saturated heterocycles. The van der Waals surface area contributed by atoms with Crippen LogP contribution in [0.5, 0.6) is 0 Å². The van der Waals surface area contributed by atoms with E-state index in [0.29, 0.717) is 23.1 Å². The molecule has 0 bridgehead atoms. The van der Waals surface area contributed by atoms with Crippen molar-refractivity contribution in [3.63, 3.8) is 0 Å². The number of carbonyl (C=O) groups excluding carboxylic acids is 2. The molecule has 162 valence electrons. The van der Waals surface area contributed by atoms with Crippen molar-refractivity contribution in [3.8, 4) is 0 Å². The Morgan fingerprint density at radius 2 is 1.90 bits per heavy atom. The third-order valence-electron chi connectivity index (χ3n) is 5.29. The van der Waals surface area contributed by atoms with E-state index in [1.54, 1.807) is 17.0 Å². The summed E-state index contributed by atoms with van der Waals surface area (Å²) in [6, 6.07) is 9.10. The Hall–Kier alpha value is -2.02. The molecule has 1 aromatic carbocycles. The number of aromatic nitrogens is 1. The zero-order chi connectivity index (χ0) is 22.1. The van der Waals surface area contributed by atoms with E-state index in [0.717, 1.165) is 11.3 Å². The van der Waals surface area contributed by atoms with Crippen molar-refractivity contribution in [3.05, 3.63) is 57.8 Å². The normalized spacial score (nSPS) is 16.3. The van der Waals surface area contributed by atoms with Gasteiger partial charge >= 0.3 is 0 Å². The van der Waals surface area contributed by atoms with E-state index in [1.807, 2.05) is 50.1 Å². The maximum absolute atomic E-state index is 13.5. The minimum absolute atomic E-state index is 0.0236. The number of rotatable bonds is 5. The first-order chi connectivity index (χ1) is 14.1. The Morgan fingerprint density at radius 1 is 1.17 bits per heavy atom. The maximum atomic E-state index is 13.5. The average Bonchev–Trinajstić information content (AvgIpc) is 3.15. The lowest BCUT2D eigenvalue weighted by Gasteiger charge is -2.41. The number of nitrogens with zero attached hydrogens (tertiary/aromatic N) is 3. The van der Waals surface area contributed by atoms with Crippen molar-refractivity contribution in [2.75, 3.05) is 26.8 Å². The largest absolute Gasteiger partial charge is 0.375 e. The van der Waals surface area contributed by atoms with Gasteiger partial charge in [-0.15, -0.1) is 0 Å². The van der Waals surface area contributed by atoms with Gasteiger partial charge in [-0.25, -0.2) is 0 Å². The molecule has 1 atom stereocenters. The number of ether oxygens (including phenoxy) is 1. The van der Waals surface area contributed by atoms with Crippen LogP contribution < -0.4 is 0 Å². The summed E-state index contributed by atoms with van der Waals surface area (Å²) >= 11 is 12.4. The molecule has 1 aliphatic rings. The summed E-state index contributed by atoms with van der Waals surface area (Å²) in [4.78, 5) is 29.4. The summed E-state index contributed by atoms with van der Waals surface area (Å²) in [6.45, 7) is 6.85. The molecule has 0 spiro atoms. The number of methoxy groups -OCH3 is 1. The summed E-state index contributed by atoms with van der Waals surface area (Å²) in [7, 11) is 1.47. The number of hydrogen-bond acceptors (Lipinski definition) is 3. The second kappa shape index (κ2) is 9.00. The molecule has 0 aliphatic carbocycles. The molecule has 3 rings (SSSR count). The summed E-state index contributed by atoms with van der Waals surface area (Å²) in [6.07, 6.45) is 2.01. The molecule has 1 aliphatic heterocycles. The van der Waals surface area contributed by atoms with E-state index in [4.69, 9.17) is 27.9 Å². The second-order valence-electron chi connectivity index (χ2n) is 8.37. The highest BCUT2D eigenvalue weighted by molar-refractivity contribution is 6.42. The van der Waals surface area contributed by atoms with Gasteiger partial charge < -0.3 is 19.1 Å². The van der Waals surface area contributed by atoms with Crippen molar-refractivity contribution >= 4 is 35.0 Å². The standard InChI is InChI=1S/C22H27Cl2N3O3/c1-22(2,3)27(20(29)14-30-4)13-19(28)26-11-10-25-9-5-6-18(25)21(26)15-7-8-16(23)17(24)12-15/h5-9,12,21H,10-11,13-14H2,1-4H3/t21-/m0/s1. The summed E-state index contributed by atoms with van der Waals surface area (Å²) in [5.74, 6) is -0.345. The fourth-order valence-electron chi connectivity index (χ4n) is 3.81. The first-order valence-corrected chi connectivity index (χ1v) is 10.6. The van der Waals surface area contributed by atoms with Gasteiger partial charge in [-0.3, -0.25) is 9.59 Å². The molecule has 0 fully saturated rings. The van der Waals surface area contributed by atoms with Crippen LogP contribution in [0.2, 0.25) is 10.0 Å². The smallest absolute Gasteiger partial charge is 0.249 e. The van der Waals surface area contributed by atoms with Crippen LogP contribution >= 0.6 is 23.2 Å². The first-order valence-electron chi connectivity index (χ1n) is 9.82. The minimum Gasteiger partial charge on any atom is -0.375 e. The quantitative estimate of drug-likeness (QED) is 0.689. The van der Waals surface area contributed by atoms with Gasteiger partial charge in [-0.05, 0) is 50.6 Å². The third-order valence-corrected chi connectivity index (χ3v) is 6.03. The molecule has 1 aromatic heterocycles. The zero-order valence-electron chi connectivity index (χ0n) is 17.7. The Kier molecular flexibility index (Phi) is 6.80. The minimum atomic E-state index is -0.514. The molecule has 2 heterocycles. The van der Waals surface area contributed by atoms with Crippen LogP contribution in [0.25, 0.3) is 0 Å². The highest BCUT2D eigenvalue weighted by Gasteiger charge is 2.36. The molecule has 30 heavy (non-hydrogen) atoms. The number of carbonyl (C=O) groups is 2. The van der Waals surface area contributed by atoms with Crippen LogP contribution in [0.15, 0.2) is 36.5 Å². The third kappa shape index (κ3) is 4.66. The molecule has 2 aromatic rings. The second-order valence-corrected chi connectivity index (χ2v) is 9.19. The molecule has 0 saturated carbocycles. The SMILES string of the molecule is COCC(=O)N(CC(=O)N1CCn2cccc2[C@@H]1c1ccc(Cl)c(Cl)c1)C(C)(C)C. The van der Waals surface area contributed by atoms with Gasteiger partial charge in [-0.1, -0.05) is 29.3 Å². The zero-order valence-corrected chi connectivity index (χ0v) is 19.2. The number of hydrogen-bond donors (Lipinski definition) is 0. The van der Waals surface area contributed by atoms with E-state index in [9.17, 15) is 9.59 Å². The lowest BCUT2D eigenvalue weighted by atomic mass is 9.99. The van der Waals surface area contributed by atoms with Crippen molar-refractivity contribution in [2.45, 2.75) is 38.9 Å². The van der Waals surface area contributed by atoms with E-state index in [-0.39, 0.29) is 31.0 Å². The monoisotopic (exact) mass is 451 g/mol. The molecule has 6 nitrogen and oxygen atoms in total. The van der Waals surface area contributed by atoms with E-state index < -0.39 is 5.54 Å². The van der Waals surface area contributed by atoms with Crippen molar-refractivity contribution in [1.29, 1.82) is 0 Å². The molecular weight excluding hydrogens is 425 g/mol. The topological polar surface area (TPSA) is 54.8 Å². The van der Waals surface area contributed by atoms with Gasteiger partial charge in [-0.2, -0.15) is 0 Å². The summed E-state index contributed by atoms with van der Waals surface area (Å²) < 4.78 is 7.14. The van der Waals surface area contributed by atoms with E-state index in [2.05, 4.69) is 4.57 Å². The van der Waals surface area contributed by atoms with Crippen molar-refractivity contribution in [2.24, 2.45) is 0 Å². The highest BCUT2D eigenvalue weighted by Crippen LogP contribution is 2.35. The number of fused-ring (bicyclic) bond motifs is 1. The highest BCUT2D eigenvalue weighted by atomic mass is 35.5. The van der Waals surface area contributed by atoms with Gasteiger partial charge in [0.25, 0.3) is 0 Å². The van der Waals surface area contributed by atoms with Gasteiger partial charge in [0, 0.05) is 37.6 Å². The Bertz CT molecular complexity index is 936. The molecule has 8 heteroatoms. The Balaban J connectivity index is 1.95. The van der Waals surface area contributed by atoms with Crippen LogP contribution in [0.4, 0.5) is 0 Å². The van der Waals surface area contributed by atoms with Crippen LogP contribution in [0.1, 0.15) is 38.1 Å². The van der Waals surface area contributed by atoms with Gasteiger partial charge in [0.15, 0.2) is 0 Å². The first kappa shape index (κ1) is 22.7. The fraction of sp³-hybridized carbons (Fsp3) is 0.455. The van der Waals surface area contributed by atoms with Crippen LogP contribution in [0.3, 0.4) is 0 Å². The maximum Gasteiger partial charge on any atom is 0.249 e. The predicted octanol–water partition coefficient (Wildman–Crippen LogP) is 4.00. The van der Waals surface area contributed by atoms with Gasteiger partial charge in [0.1, 0.15) is 13.2 Å². The fourth-order valence-corrected chi connectivity index (χ4v) is 4.12. The van der Waals surface area contributed by atoms with Crippen molar-refractivity contribution in [1.82, 2.24) is 14.4 Å². The van der Waals surface area contributed by atoms with Gasteiger partial charge in [0.05, 0.1) is 16.1 Å². The van der Waals surface area contributed by atoms with Crippen molar-refractivity contribution < 1.29 is 14.3 Å². The lowest BCUT2D eigenvalue weighted by Crippen LogP contribution is -2.53. The average molecular weight is 452 g/mol. The lowest BCUT2D eigenvalue weighted by molar-refractivity contribution is -0.148. The van der Waals surface area contributed by atoms with E-state index in [1.165, 1.54) is 7.11 Å². The van der Waals surface area contributed by atoms with Crippen LogP contribution in [0, 0.1) is 0 Å². The Morgan fingerprint density at radius 3 is 2.53 bits per heavy atom. The Labute approximate surface area is 187 Å². The molecule has 0 unspecified atom stereocenters. The van der Waals surface area contributed by atoms with Gasteiger partial charge in [0.2, 0.25) is 11.8 Å². The van der Waals surface area contributed by atoms with E-state index >= 15 is 0 Å². The number of halogens is 2. The van der Waals surface area contributed by atoms with Crippen LogP contribution in [-0.4, -0.2) is 58.5 Å². The predicted molar refractivity (Wildman–Crippen MR) is 118 cm³/mol. The number of benzene rings is 1. The molecule has 2 amide bonds. The summed E-state index contributed by atoms with van der Waals surface area (Å²) in [5.41, 5.74) is 1.36. The summed E-state index contributed by atoms with van der Waals surface area (Å²) in [5, 5.41) is 0.908.